The van der Waals surface area contributed by atoms with Gasteiger partial charge in [0, 0.05) is 24.5 Å². The maximum atomic E-state index is 12.1. The van der Waals surface area contributed by atoms with Gasteiger partial charge in [-0.3, -0.25) is 0 Å². The first kappa shape index (κ1) is 15.0. The number of para-hydroxylation sites is 1. The molecular weight excluding hydrogens is 292 g/mol. The quantitative estimate of drug-likeness (QED) is 0.693. The number of nitrogens with zero attached hydrogens (tertiary/aromatic N) is 4. The summed E-state index contributed by atoms with van der Waals surface area (Å²) in [4.78, 5) is 18.6. The molecule has 0 aliphatic heterocycles. The molecule has 0 radical (unpaired) electrons. The Hall–Kier alpha value is -2.89. The van der Waals surface area contributed by atoms with Crippen LogP contribution < -0.4 is 4.90 Å². The molecule has 0 aliphatic rings. The summed E-state index contributed by atoms with van der Waals surface area (Å²) < 4.78 is 6.72. The van der Waals surface area contributed by atoms with Crippen molar-refractivity contribution in [1.29, 1.82) is 0 Å². The maximum absolute atomic E-state index is 12.1. The normalized spacial score (nSPS) is 10.7. The van der Waals surface area contributed by atoms with Gasteiger partial charge in [0.05, 0.1) is 12.8 Å². The fourth-order valence-electron chi connectivity index (χ4n) is 2.40. The second-order valence-electron chi connectivity index (χ2n) is 5.16. The third-order valence-corrected chi connectivity index (χ3v) is 3.62. The molecule has 3 aromatic rings. The SMILES string of the molecule is CCOC(=O)c1cnn2c(C)cc(N(C)c3ccccc3)nc12. The highest BCUT2D eigenvalue weighted by Crippen LogP contribution is 2.24. The molecule has 2 heterocycles. The van der Waals surface area contributed by atoms with Crippen molar-refractivity contribution >= 4 is 23.1 Å². The van der Waals surface area contributed by atoms with Gasteiger partial charge < -0.3 is 9.64 Å². The van der Waals surface area contributed by atoms with E-state index >= 15 is 0 Å². The Morgan fingerprint density at radius 1 is 1.30 bits per heavy atom. The molecule has 0 saturated heterocycles. The van der Waals surface area contributed by atoms with Gasteiger partial charge in [-0.05, 0) is 26.0 Å². The third-order valence-electron chi connectivity index (χ3n) is 3.62. The number of hydrogen-bond acceptors (Lipinski definition) is 5. The van der Waals surface area contributed by atoms with E-state index in [-0.39, 0.29) is 0 Å². The van der Waals surface area contributed by atoms with Crippen molar-refractivity contribution in [2.24, 2.45) is 0 Å². The summed E-state index contributed by atoms with van der Waals surface area (Å²) in [5.74, 6) is 0.334. The van der Waals surface area contributed by atoms with Gasteiger partial charge in [-0.15, -0.1) is 0 Å². The number of esters is 1. The lowest BCUT2D eigenvalue weighted by Gasteiger charge is -2.19. The van der Waals surface area contributed by atoms with Crippen LogP contribution in [0, 0.1) is 6.92 Å². The van der Waals surface area contributed by atoms with Crippen molar-refractivity contribution in [2.75, 3.05) is 18.6 Å². The maximum Gasteiger partial charge on any atom is 0.343 e. The van der Waals surface area contributed by atoms with E-state index < -0.39 is 5.97 Å². The molecule has 0 unspecified atom stereocenters. The Kier molecular flexibility index (Phi) is 3.97. The number of fused-ring (bicyclic) bond motifs is 1. The molecule has 3 rings (SSSR count). The van der Waals surface area contributed by atoms with Gasteiger partial charge in [-0.25, -0.2) is 14.3 Å². The van der Waals surface area contributed by atoms with E-state index in [9.17, 15) is 4.79 Å². The first-order valence-electron chi connectivity index (χ1n) is 7.43. The monoisotopic (exact) mass is 310 g/mol. The molecule has 0 fully saturated rings. The minimum absolute atomic E-state index is 0.318. The lowest BCUT2D eigenvalue weighted by atomic mass is 10.3. The van der Waals surface area contributed by atoms with Gasteiger partial charge in [0.2, 0.25) is 0 Å². The lowest BCUT2D eigenvalue weighted by Crippen LogP contribution is -2.13. The van der Waals surface area contributed by atoms with E-state index in [4.69, 9.17) is 4.74 Å². The molecular formula is C17H18N4O2. The smallest absolute Gasteiger partial charge is 0.343 e. The standard InChI is InChI=1S/C17H18N4O2/c1-4-23-17(22)14-11-18-21-12(2)10-15(19-16(14)21)20(3)13-8-6-5-7-9-13/h5-11H,4H2,1-3H3. The van der Waals surface area contributed by atoms with Gasteiger partial charge >= 0.3 is 5.97 Å². The van der Waals surface area contributed by atoms with E-state index in [1.165, 1.54) is 6.20 Å². The summed E-state index contributed by atoms with van der Waals surface area (Å²) in [5, 5.41) is 4.23. The average Bonchev–Trinajstić information content (AvgIpc) is 3.00. The number of aryl methyl sites for hydroxylation is 1. The molecule has 1 aromatic carbocycles. The Bertz CT molecular complexity index is 842. The molecule has 118 valence electrons. The molecule has 0 aliphatic carbocycles. The molecule has 0 spiro atoms. The molecule has 0 saturated carbocycles. The summed E-state index contributed by atoms with van der Waals surface area (Å²) in [6, 6.07) is 11.9. The van der Waals surface area contributed by atoms with Crippen LogP contribution in [0.5, 0.6) is 0 Å². The Morgan fingerprint density at radius 3 is 2.74 bits per heavy atom. The number of carbonyl (C=O) groups is 1. The van der Waals surface area contributed by atoms with Crippen LogP contribution in [-0.2, 0) is 4.74 Å². The van der Waals surface area contributed by atoms with E-state index in [0.29, 0.717) is 17.8 Å². The summed E-state index contributed by atoms with van der Waals surface area (Å²) in [6.07, 6.45) is 1.50. The number of anilines is 2. The second-order valence-corrected chi connectivity index (χ2v) is 5.16. The van der Waals surface area contributed by atoms with Crippen molar-refractivity contribution in [2.45, 2.75) is 13.8 Å². The van der Waals surface area contributed by atoms with Crippen LogP contribution in [0.2, 0.25) is 0 Å². The third kappa shape index (κ3) is 2.75. The van der Waals surface area contributed by atoms with Crippen LogP contribution in [0.15, 0.2) is 42.6 Å². The van der Waals surface area contributed by atoms with Crippen molar-refractivity contribution < 1.29 is 9.53 Å². The first-order valence-corrected chi connectivity index (χ1v) is 7.43. The highest BCUT2D eigenvalue weighted by molar-refractivity contribution is 5.95. The molecule has 0 N–H and O–H groups in total. The van der Waals surface area contributed by atoms with Crippen LogP contribution in [0.3, 0.4) is 0 Å². The summed E-state index contributed by atoms with van der Waals surface area (Å²) >= 11 is 0. The predicted octanol–water partition coefficient (Wildman–Crippen LogP) is 2.98. The van der Waals surface area contributed by atoms with Gasteiger partial charge in [0.15, 0.2) is 5.65 Å². The zero-order chi connectivity index (χ0) is 16.4. The molecule has 2 aromatic heterocycles. The fourth-order valence-corrected chi connectivity index (χ4v) is 2.40. The van der Waals surface area contributed by atoms with Gasteiger partial charge in [0.1, 0.15) is 11.4 Å². The van der Waals surface area contributed by atoms with Gasteiger partial charge in [-0.2, -0.15) is 5.10 Å². The zero-order valence-electron chi connectivity index (χ0n) is 13.4. The van der Waals surface area contributed by atoms with Crippen LogP contribution >= 0.6 is 0 Å². The molecule has 23 heavy (non-hydrogen) atoms. The molecule has 0 amide bonds. The van der Waals surface area contributed by atoms with Crippen molar-refractivity contribution in [3.8, 4) is 0 Å². The minimum Gasteiger partial charge on any atom is -0.462 e. The van der Waals surface area contributed by atoms with Crippen molar-refractivity contribution in [3.05, 3.63) is 53.9 Å². The molecule has 0 bridgehead atoms. The van der Waals surface area contributed by atoms with E-state index in [1.54, 1.807) is 11.4 Å². The Morgan fingerprint density at radius 2 is 2.04 bits per heavy atom. The average molecular weight is 310 g/mol. The van der Waals surface area contributed by atoms with Crippen molar-refractivity contribution in [3.63, 3.8) is 0 Å². The van der Waals surface area contributed by atoms with Gasteiger partial charge in [-0.1, -0.05) is 18.2 Å². The summed E-state index contributed by atoms with van der Waals surface area (Å²) in [7, 11) is 1.94. The minimum atomic E-state index is -0.408. The fraction of sp³-hybridized carbons (Fsp3) is 0.235. The van der Waals surface area contributed by atoms with Crippen LogP contribution in [0.25, 0.3) is 5.65 Å². The van der Waals surface area contributed by atoms with E-state index in [2.05, 4.69) is 10.1 Å². The summed E-state index contributed by atoms with van der Waals surface area (Å²) in [6.45, 7) is 4.02. The Balaban J connectivity index is 2.09. The van der Waals surface area contributed by atoms with Crippen LogP contribution in [0.1, 0.15) is 23.0 Å². The van der Waals surface area contributed by atoms with Crippen LogP contribution in [0.4, 0.5) is 11.5 Å². The Labute approximate surface area is 134 Å². The number of carbonyl (C=O) groups excluding carboxylic acids is 1. The molecule has 6 nitrogen and oxygen atoms in total. The highest BCUT2D eigenvalue weighted by atomic mass is 16.5. The summed E-state index contributed by atoms with van der Waals surface area (Å²) in [5.41, 5.74) is 2.78. The van der Waals surface area contributed by atoms with E-state index in [1.807, 2.05) is 55.3 Å². The largest absolute Gasteiger partial charge is 0.462 e. The number of rotatable bonds is 4. The number of benzene rings is 1. The predicted molar refractivity (Wildman–Crippen MR) is 88.2 cm³/mol. The second kappa shape index (κ2) is 6.08. The van der Waals surface area contributed by atoms with E-state index in [0.717, 1.165) is 17.2 Å². The topological polar surface area (TPSA) is 59.7 Å². The highest BCUT2D eigenvalue weighted by Gasteiger charge is 2.18. The van der Waals surface area contributed by atoms with Gasteiger partial charge in [0.25, 0.3) is 0 Å². The number of ether oxygens (including phenoxy) is 1. The van der Waals surface area contributed by atoms with Crippen molar-refractivity contribution in [1.82, 2.24) is 14.6 Å². The lowest BCUT2D eigenvalue weighted by molar-refractivity contribution is 0.0528. The number of hydrogen-bond donors (Lipinski definition) is 0. The first-order chi connectivity index (χ1) is 11.1. The molecule has 6 heteroatoms. The molecule has 0 atom stereocenters. The zero-order valence-corrected chi connectivity index (χ0v) is 13.4. The van der Waals surface area contributed by atoms with Crippen LogP contribution in [-0.4, -0.2) is 34.2 Å². The number of aromatic nitrogens is 3.